The molecule has 2 aromatic heterocycles. The van der Waals surface area contributed by atoms with Crippen LogP contribution in [-0.2, 0) is 6.54 Å². The molecule has 2 N–H and O–H groups in total. The Morgan fingerprint density at radius 1 is 1.58 bits per heavy atom. The maximum absolute atomic E-state index is 12.6. The van der Waals surface area contributed by atoms with Crippen LogP contribution in [0.2, 0.25) is 0 Å². The van der Waals surface area contributed by atoms with Crippen LogP contribution in [0, 0.1) is 12.8 Å². The molecule has 0 bridgehead atoms. The predicted octanol–water partition coefficient (Wildman–Crippen LogP) is 2.65. The Morgan fingerprint density at radius 3 is 3.00 bits per heavy atom. The van der Waals surface area contributed by atoms with Gasteiger partial charge in [-0.15, -0.1) is 11.3 Å². The molecule has 7 nitrogen and oxygen atoms in total. The van der Waals surface area contributed by atoms with E-state index in [0.717, 1.165) is 10.7 Å². The number of nitrogens with one attached hydrogen (secondary N) is 1. The summed E-state index contributed by atoms with van der Waals surface area (Å²) in [4.78, 5) is 18.4. The molecule has 0 unspecified atom stereocenters. The van der Waals surface area contributed by atoms with Gasteiger partial charge in [0.05, 0.1) is 24.9 Å². The van der Waals surface area contributed by atoms with Crippen LogP contribution in [0.3, 0.4) is 0 Å². The SMILES string of the molecule is Cc1cc(NC(=O)N(CCO)Cc2nccs2)n([C@@H](C)C2CC2)n1. The highest BCUT2D eigenvalue weighted by Gasteiger charge is 2.31. The zero-order valence-electron chi connectivity index (χ0n) is 14.0. The predicted molar refractivity (Wildman–Crippen MR) is 93.0 cm³/mol. The largest absolute Gasteiger partial charge is 0.395 e. The van der Waals surface area contributed by atoms with Crippen molar-refractivity contribution in [3.63, 3.8) is 0 Å². The van der Waals surface area contributed by atoms with E-state index in [4.69, 9.17) is 0 Å². The average molecular weight is 349 g/mol. The maximum Gasteiger partial charge on any atom is 0.323 e. The number of aliphatic hydroxyl groups is 1. The van der Waals surface area contributed by atoms with Gasteiger partial charge in [-0.1, -0.05) is 0 Å². The van der Waals surface area contributed by atoms with Gasteiger partial charge in [-0.25, -0.2) is 14.5 Å². The first-order chi connectivity index (χ1) is 11.6. The zero-order valence-corrected chi connectivity index (χ0v) is 14.8. The molecule has 24 heavy (non-hydrogen) atoms. The normalized spacial score (nSPS) is 15.3. The molecule has 8 heteroatoms. The topological polar surface area (TPSA) is 83.3 Å². The number of aromatic nitrogens is 3. The molecule has 1 atom stereocenters. The molecule has 2 heterocycles. The van der Waals surface area contributed by atoms with Crippen LogP contribution in [0.15, 0.2) is 17.6 Å². The lowest BCUT2D eigenvalue weighted by atomic mass is 10.2. The smallest absolute Gasteiger partial charge is 0.323 e. The number of carbonyl (C=O) groups excluding carboxylic acids is 1. The zero-order chi connectivity index (χ0) is 17.1. The van der Waals surface area contributed by atoms with Crippen LogP contribution in [0.25, 0.3) is 0 Å². The Kier molecular flexibility index (Phi) is 5.15. The molecular weight excluding hydrogens is 326 g/mol. The first-order valence-corrected chi connectivity index (χ1v) is 9.07. The number of amides is 2. The molecule has 1 aliphatic rings. The third-order valence-electron chi connectivity index (χ3n) is 4.25. The molecule has 2 aromatic rings. The molecule has 0 aromatic carbocycles. The third-order valence-corrected chi connectivity index (χ3v) is 5.01. The van der Waals surface area contributed by atoms with Gasteiger partial charge in [-0.05, 0) is 32.6 Å². The molecule has 1 saturated carbocycles. The van der Waals surface area contributed by atoms with Gasteiger partial charge in [-0.2, -0.15) is 5.10 Å². The lowest BCUT2D eigenvalue weighted by molar-refractivity contribution is 0.185. The van der Waals surface area contributed by atoms with Gasteiger partial charge < -0.3 is 10.0 Å². The number of thiazole rings is 1. The molecule has 1 aliphatic carbocycles. The summed E-state index contributed by atoms with van der Waals surface area (Å²) in [5.74, 6) is 1.35. The highest BCUT2D eigenvalue weighted by atomic mass is 32.1. The van der Waals surface area contributed by atoms with Gasteiger partial charge in [0.25, 0.3) is 0 Å². The van der Waals surface area contributed by atoms with Crippen LogP contribution < -0.4 is 5.32 Å². The van der Waals surface area contributed by atoms with Crippen LogP contribution >= 0.6 is 11.3 Å². The van der Waals surface area contributed by atoms with E-state index in [2.05, 4.69) is 22.3 Å². The standard InChI is InChI=1S/C16H23N5O2S/c1-11-9-14(21(19-11)12(2)13-3-4-13)18-16(23)20(6-7-22)10-15-17-5-8-24-15/h5,8-9,12-13,22H,3-4,6-7,10H2,1-2H3,(H,18,23)/t12-/m0/s1. The van der Waals surface area contributed by atoms with Crippen molar-refractivity contribution >= 4 is 23.2 Å². The minimum absolute atomic E-state index is 0.0877. The Balaban J connectivity index is 1.72. The number of aryl methyl sites for hydroxylation is 1. The van der Waals surface area contributed by atoms with Crippen molar-refractivity contribution < 1.29 is 9.90 Å². The van der Waals surface area contributed by atoms with Crippen molar-refractivity contribution in [2.75, 3.05) is 18.5 Å². The fraction of sp³-hybridized carbons (Fsp3) is 0.562. The minimum atomic E-state index is -0.247. The number of aliphatic hydroxyl groups excluding tert-OH is 1. The van der Waals surface area contributed by atoms with Gasteiger partial charge in [0.15, 0.2) is 0 Å². The summed E-state index contributed by atoms with van der Waals surface area (Å²) in [6.45, 7) is 4.62. The molecule has 2 amide bonds. The van der Waals surface area contributed by atoms with Crippen molar-refractivity contribution in [3.8, 4) is 0 Å². The van der Waals surface area contributed by atoms with E-state index in [9.17, 15) is 9.90 Å². The van der Waals surface area contributed by atoms with Crippen molar-refractivity contribution in [1.82, 2.24) is 19.7 Å². The summed E-state index contributed by atoms with van der Waals surface area (Å²) in [5.41, 5.74) is 0.881. The minimum Gasteiger partial charge on any atom is -0.395 e. The number of hydrogen-bond acceptors (Lipinski definition) is 5. The lowest BCUT2D eigenvalue weighted by Crippen LogP contribution is -2.37. The Morgan fingerprint density at radius 2 is 2.38 bits per heavy atom. The fourth-order valence-corrected chi connectivity index (χ4v) is 3.39. The Hall–Kier alpha value is -1.93. The Bertz CT molecular complexity index is 681. The van der Waals surface area contributed by atoms with Crippen LogP contribution in [-0.4, -0.2) is 44.0 Å². The number of carbonyl (C=O) groups is 1. The molecule has 0 aliphatic heterocycles. The molecule has 0 radical (unpaired) electrons. The molecule has 0 spiro atoms. The maximum atomic E-state index is 12.6. The average Bonchev–Trinajstić information content (AvgIpc) is 3.16. The van der Waals surface area contributed by atoms with E-state index >= 15 is 0 Å². The molecule has 0 saturated heterocycles. The lowest BCUT2D eigenvalue weighted by Gasteiger charge is -2.22. The number of anilines is 1. The van der Waals surface area contributed by atoms with E-state index < -0.39 is 0 Å². The second-order valence-electron chi connectivity index (χ2n) is 6.19. The number of hydrogen-bond donors (Lipinski definition) is 2. The quantitative estimate of drug-likeness (QED) is 0.805. The van der Waals surface area contributed by atoms with Gasteiger partial charge >= 0.3 is 6.03 Å². The number of nitrogens with zero attached hydrogens (tertiary/aromatic N) is 4. The number of rotatable bonds is 7. The number of urea groups is 1. The van der Waals surface area contributed by atoms with E-state index in [1.54, 1.807) is 11.1 Å². The Labute approximate surface area is 145 Å². The van der Waals surface area contributed by atoms with E-state index in [1.165, 1.54) is 24.2 Å². The van der Waals surface area contributed by atoms with Gasteiger partial charge in [0.1, 0.15) is 10.8 Å². The second-order valence-corrected chi connectivity index (χ2v) is 7.17. The van der Waals surface area contributed by atoms with Gasteiger partial charge in [0, 0.05) is 24.2 Å². The van der Waals surface area contributed by atoms with E-state index in [1.807, 2.05) is 23.1 Å². The third kappa shape index (κ3) is 3.93. The van der Waals surface area contributed by atoms with Gasteiger partial charge in [-0.3, -0.25) is 5.32 Å². The fourth-order valence-electron chi connectivity index (χ4n) is 2.75. The van der Waals surface area contributed by atoms with Crippen LogP contribution in [0.5, 0.6) is 0 Å². The van der Waals surface area contributed by atoms with Crippen molar-refractivity contribution in [2.45, 2.75) is 39.3 Å². The van der Waals surface area contributed by atoms with E-state index in [0.29, 0.717) is 18.3 Å². The summed E-state index contributed by atoms with van der Waals surface area (Å²) < 4.78 is 1.91. The molecule has 3 rings (SSSR count). The summed E-state index contributed by atoms with van der Waals surface area (Å²) in [5, 5.41) is 19.4. The highest BCUT2D eigenvalue weighted by molar-refractivity contribution is 7.09. The molecule has 1 fully saturated rings. The van der Waals surface area contributed by atoms with Crippen molar-refractivity contribution in [3.05, 3.63) is 28.3 Å². The van der Waals surface area contributed by atoms with Crippen LogP contribution in [0.4, 0.5) is 10.6 Å². The second kappa shape index (κ2) is 7.31. The summed E-state index contributed by atoms with van der Waals surface area (Å²) >= 11 is 1.49. The van der Waals surface area contributed by atoms with Crippen molar-refractivity contribution in [1.29, 1.82) is 0 Å². The first kappa shape index (κ1) is 16.9. The summed E-state index contributed by atoms with van der Waals surface area (Å²) in [6, 6.07) is 1.92. The van der Waals surface area contributed by atoms with E-state index in [-0.39, 0.29) is 25.2 Å². The highest BCUT2D eigenvalue weighted by Crippen LogP contribution is 2.40. The van der Waals surface area contributed by atoms with Crippen LogP contribution in [0.1, 0.15) is 36.5 Å². The summed E-state index contributed by atoms with van der Waals surface area (Å²) in [6.07, 6.45) is 4.15. The first-order valence-electron chi connectivity index (χ1n) is 8.19. The molecule has 130 valence electrons. The summed E-state index contributed by atoms with van der Waals surface area (Å²) in [7, 11) is 0. The monoisotopic (exact) mass is 349 g/mol. The van der Waals surface area contributed by atoms with Crippen molar-refractivity contribution in [2.24, 2.45) is 5.92 Å². The van der Waals surface area contributed by atoms with Gasteiger partial charge in [0.2, 0.25) is 0 Å². The molecular formula is C16H23N5O2S.